The third-order valence-corrected chi connectivity index (χ3v) is 4.04. The van der Waals surface area contributed by atoms with Crippen LogP contribution >= 0.6 is 0 Å². The number of nitrogens with two attached hydrogens (primary N) is 1. The van der Waals surface area contributed by atoms with Crippen molar-refractivity contribution >= 4 is 11.8 Å². The standard InChI is InChI=1S/C13H23N3O2/c1-10(17)15-13(6-3-2-4-7-13)12(18)16-8-5-11(14)9-16/h11H,2-9,14H2,1H3,(H,15,17)/t11-/m1/s1. The number of likely N-dealkylation sites (tertiary alicyclic amines) is 1. The van der Waals surface area contributed by atoms with Crippen LogP contribution in [-0.2, 0) is 9.59 Å². The lowest BCUT2D eigenvalue weighted by Crippen LogP contribution is -2.60. The van der Waals surface area contributed by atoms with E-state index < -0.39 is 5.54 Å². The van der Waals surface area contributed by atoms with Crippen molar-refractivity contribution in [2.75, 3.05) is 13.1 Å². The van der Waals surface area contributed by atoms with Crippen molar-refractivity contribution in [1.29, 1.82) is 0 Å². The summed E-state index contributed by atoms with van der Waals surface area (Å²) in [4.78, 5) is 25.9. The van der Waals surface area contributed by atoms with Crippen molar-refractivity contribution in [3.8, 4) is 0 Å². The van der Waals surface area contributed by atoms with Crippen molar-refractivity contribution in [2.45, 2.75) is 57.0 Å². The van der Waals surface area contributed by atoms with Crippen molar-refractivity contribution in [3.63, 3.8) is 0 Å². The Hall–Kier alpha value is -1.10. The number of rotatable bonds is 2. The third kappa shape index (κ3) is 2.66. The van der Waals surface area contributed by atoms with Crippen molar-refractivity contribution < 1.29 is 9.59 Å². The Morgan fingerprint density at radius 2 is 1.94 bits per heavy atom. The van der Waals surface area contributed by atoms with Gasteiger partial charge in [0.15, 0.2) is 0 Å². The van der Waals surface area contributed by atoms with Gasteiger partial charge in [-0.05, 0) is 19.3 Å². The molecule has 1 aliphatic carbocycles. The molecule has 18 heavy (non-hydrogen) atoms. The average molecular weight is 253 g/mol. The van der Waals surface area contributed by atoms with Gasteiger partial charge in [0.1, 0.15) is 5.54 Å². The van der Waals surface area contributed by atoms with E-state index in [1.54, 1.807) is 0 Å². The number of nitrogens with one attached hydrogen (secondary N) is 1. The lowest BCUT2D eigenvalue weighted by atomic mass is 9.80. The maximum absolute atomic E-state index is 12.7. The van der Waals surface area contributed by atoms with Crippen LogP contribution < -0.4 is 11.1 Å². The largest absolute Gasteiger partial charge is 0.342 e. The molecule has 0 aromatic heterocycles. The van der Waals surface area contributed by atoms with Crippen LogP contribution in [0.4, 0.5) is 0 Å². The minimum absolute atomic E-state index is 0.0744. The van der Waals surface area contributed by atoms with E-state index >= 15 is 0 Å². The minimum Gasteiger partial charge on any atom is -0.342 e. The Labute approximate surface area is 108 Å². The molecule has 0 unspecified atom stereocenters. The van der Waals surface area contributed by atoms with Crippen LogP contribution in [0.5, 0.6) is 0 Å². The molecule has 0 bridgehead atoms. The van der Waals surface area contributed by atoms with E-state index in [2.05, 4.69) is 5.32 Å². The van der Waals surface area contributed by atoms with Crippen molar-refractivity contribution in [2.24, 2.45) is 5.73 Å². The zero-order valence-electron chi connectivity index (χ0n) is 11.1. The van der Waals surface area contributed by atoms with Crippen molar-refractivity contribution in [3.05, 3.63) is 0 Å². The number of amides is 2. The van der Waals surface area contributed by atoms with Crippen molar-refractivity contribution in [1.82, 2.24) is 10.2 Å². The average Bonchev–Trinajstić information content (AvgIpc) is 2.75. The first kappa shape index (κ1) is 13.3. The number of carbonyl (C=O) groups excluding carboxylic acids is 2. The molecule has 2 rings (SSSR count). The van der Waals surface area contributed by atoms with E-state index in [1.165, 1.54) is 6.92 Å². The summed E-state index contributed by atoms with van der Waals surface area (Å²) in [6.07, 6.45) is 5.54. The van der Waals surface area contributed by atoms with Gasteiger partial charge in [-0.2, -0.15) is 0 Å². The smallest absolute Gasteiger partial charge is 0.248 e. The van der Waals surface area contributed by atoms with Gasteiger partial charge >= 0.3 is 0 Å². The summed E-state index contributed by atoms with van der Waals surface area (Å²) in [5.74, 6) is -0.0425. The Balaban J connectivity index is 2.12. The highest BCUT2D eigenvalue weighted by Gasteiger charge is 2.43. The molecule has 1 heterocycles. The Morgan fingerprint density at radius 1 is 1.28 bits per heavy atom. The van der Waals surface area contributed by atoms with Crippen LogP contribution in [0.25, 0.3) is 0 Å². The molecular weight excluding hydrogens is 230 g/mol. The molecule has 0 spiro atoms. The quantitative estimate of drug-likeness (QED) is 0.747. The molecule has 1 saturated heterocycles. The van der Waals surface area contributed by atoms with Gasteiger partial charge in [0, 0.05) is 26.1 Å². The first-order chi connectivity index (χ1) is 8.53. The van der Waals surface area contributed by atoms with Gasteiger partial charge in [-0.25, -0.2) is 0 Å². The molecule has 102 valence electrons. The fraction of sp³-hybridized carbons (Fsp3) is 0.846. The van der Waals surface area contributed by atoms with Crippen LogP contribution in [0.15, 0.2) is 0 Å². The monoisotopic (exact) mass is 253 g/mol. The fourth-order valence-corrected chi connectivity index (χ4v) is 3.16. The number of nitrogens with zero attached hydrogens (tertiary/aromatic N) is 1. The van der Waals surface area contributed by atoms with E-state index in [0.29, 0.717) is 6.54 Å². The summed E-state index contributed by atoms with van der Waals surface area (Å²) in [6.45, 7) is 2.83. The molecule has 2 aliphatic rings. The molecule has 2 fully saturated rings. The molecule has 3 N–H and O–H groups in total. The van der Waals surface area contributed by atoms with Gasteiger partial charge in [0.05, 0.1) is 0 Å². The molecular formula is C13H23N3O2. The van der Waals surface area contributed by atoms with Gasteiger partial charge in [0.25, 0.3) is 0 Å². The summed E-state index contributed by atoms with van der Waals surface area (Å²) >= 11 is 0. The zero-order chi connectivity index (χ0) is 13.2. The van der Waals surface area contributed by atoms with Crippen LogP contribution in [0.1, 0.15) is 45.4 Å². The predicted molar refractivity (Wildman–Crippen MR) is 68.8 cm³/mol. The SMILES string of the molecule is CC(=O)NC1(C(=O)N2CC[C@@H](N)C2)CCCCC1. The van der Waals surface area contributed by atoms with E-state index in [-0.39, 0.29) is 17.9 Å². The number of hydrogen-bond donors (Lipinski definition) is 2. The molecule has 1 saturated carbocycles. The van der Waals surface area contributed by atoms with Crippen LogP contribution in [-0.4, -0.2) is 41.4 Å². The summed E-state index contributed by atoms with van der Waals surface area (Å²) < 4.78 is 0. The third-order valence-electron chi connectivity index (χ3n) is 4.04. The topological polar surface area (TPSA) is 75.4 Å². The Bertz CT molecular complexity index is 337. The van der Waals surface area contributed by atoms with E-state index in [1.807, 2.05) is 4.90 Å². The maximum atomic E-state index is 12.7. The van der Waals surface area contributed by atoms with E-state index in [9.17, 15) is 9.59 Å². The minimum atomic E-state index is -0.659. The van der Waals surface area contributed by atoms with Crippen LogP contribution in [0.2, 0.25) is 0 Å². The van der Waals surface area contributed by atoms with E-state index in [4.69, 9.17) is 5.73 Å². The number of hydrogen-bond acceptors (Lipinski definition) is 3. The lowest BCUT2D eigenvalue weighted by Gasteiger charge is -2.39. The number of carbonyl (C=O) groups is 2. The highest BCUT2D eigenvalue weighted by molar-refractivity contribution is 5.91. The van der Waals surface area contributed by atoms with Gasteiger partial charge in [-0.3, -0.25) is 9.59 Å². The van der Waals surface area contributed by atoms with Gasteiger partial charge in [0.2, 0.25) is 11.8 Å². The predicted octanol–water partition coefficient (Wildman–Crippen LogP) is 0.385. The van der Waals surface area contributed by atoms with Gasteiger partial charge in [-0.15, -0.1) is 0 Å². The van der Waals surface area contributed by atoms with Crippen LogP contribution in [0, 0.1) is 0 Å². The maximum Gasteiger partial charge on any atom is 0.248 e. The van der Waals surface area contributed by atoms with Gasteiger partial charge < -0.3 is 16.0 Å². The normalized spacial score (nSPS) is 27.0. The second-order valence-corrected chi connectivity index (χ2v) is 5.62. The molecule has 0 aromatic carbocycles. The molecule has 5 heteroatoms. The molecule has 1 atom stereocenters. The van der Waals surface area contributed by atoms with Crippen LogP contribution in [0.3, 0.4) is 0 Å². The molecule has 0 aromatic rings. The first-order valence-corrected chi connectivity index (χ1v) is 6.87. The molecule has 0 radical (unpaired) electrons. The molecule has 2 amide bonds. The molecule has 5 nitrogen and oxygen atoms in total. The Morgan fingerprint density at radius 3 is 2.44 bits per heavy atom. The fourth-order valence-electron chi connectivity index (χ4n) is 3.16. The summed E-state index contributed by atoms with van der Waals surface area (Å²) in [5.41, 5.74) is 5.20. The second kappa shape index (κ2) is 5.26. The summed E-state index contributed by atoms with van der Waals surface area (Å²) in [6, 6.07) is 0.0897. The summed E-state index contributed by atoms with van der Waals surface area (Å²) in [7, 11) is 0. The highest BCUT2D eigenvalue weighted by Crippen LogP contribution is 2.31. The van der Waals surface area contributed by atoms with E-state index in [0.717, 1.165) is 45.1 Å². The second-order valence-electron chi connectivity index (χ2n) is 5.62. The molecule has 1 aliphatic heterocycles. The van der Waals surface area contributed by atoms with Gasteiger partial charge in [-0.1, -0.05) is 19.3 Å². The Kier molecular flexibility index (Phi) is 3.90. The summed E-state index contributed by atoms with van der Waals surface area (Å²) in [5, 5.41) is 2.92. The lowest BCUT2D eigenvalue weighted by molar-refractivity contribution is -0.142. The zero-order valence-corrected chi connectivity index (χ0v) is 11.1. The highest BCUT2D eigenvalue weighted by atomic mass is 16.2. The first-order valence-electron chi connectivity index (χ1n) is 6.87.